The molecule has 1 aliphatic heterocycles. The fourth-order valence-corrected chi connectivity index (χ4v) is 6.60. The first-order valence-electron chi connectivity index (χ1n) is 11.8. The highest BCUT2D eigenvalue weighted by atomic mass is 32.2. The van der Waals surface area contributed by atoms with Crippen molar-refractivity contribution in [3.8, 4) is 17.2 Å². The van der Waals surface area contributed by atoms with Gasteiger partial charge in [0.1, 0.15) is 16.3 Å². The molecule has 0 saturated carbocycles. The average molecular weight is 522 g/mol. The minimum atomic E-state index is -0.0907. The molecule has 5 rings (SSSR count). The fraction of sp³-hybridized carbons (Fsp3) is 0.296. The Labute approximate surface area is 217 Å². The van der Waals surface area contributed by atoms with Crippen LogP contribution in [0.2, 0.25) is 0 Å². The number of rotatable bonds is 8. The third-order valence-corrected chi connectivity index (χ3v) is 8.49. The Kier molecular flexibility index (Phi) is 7.13. The van der Waals surface area contributed by atoms with Gasteiger partial charge in [0.05, 0.1) is 31.0 Å². The Hall–Kier alpha value is -3.14. The Balaban J connectivity index is 1.56. The van der Waals surface area contributed by atoms with E-state index >= 15 is 0 Å². The number of hydrogen-bond donors (Lipinski definition) is 0. The minimum absolute atomic E-state index is 0.0395. The molecular weight excluding hydrogens is 494 g/mol. The number of thioether (sulfide) groups is 1. The molecule has 7 nitrogen and oxygen atoms in total. The number of fused-ring (bicyclic) bond motifs is 3. The maximum Gasteiger partial charge on any atom is 0.267 e. The number of ketones is 1. The molecule has 0 fully saturated rings. The molecule has 36 heavy (non-hydrogen) atoms. The van der Waals surface area contributed by atoms with Gasteiger partial charge in [-0.2, -0.15) is 0 Å². The van der Waals surface area contributed by atoms with Crippen molar-refractivity contribution in [2.75, 3.05) is 33.1 Å². The van der Waals surface area contributed by atoms with Gasteiger partial charge in [-0.1, -0.05) is 18.7 Å². The second-order valence-corrected chi connectivity index (χ2v) is 10.5. The molecule has 2 aromatic carbocycles. The van der Waals surface area contributed by atoms with E-state index in [1.165, 1.54) is 16.6 Å². The van der Waals surface area contributed by atoms with Gasteiger partial charge >= 0.3 is 0 Å². The van der Waals surface area contributed by atoms with E-state index < -0.39 is 0 Å². The third-order valence-electron chi connectivity index (χ3n) is 6.44. The first kappa shape index (κ1) is 24.5. The Morgan fingerprint density at radius 2 is 1.72 bits per heavy atom. The van der Waals surface area contributed by atoms with E-state index in [4.69, 9.17) is 14.5 Å². The zero-order valence-electron chi connectivity index (χ0n) is 20.4. The van der Waals surface area contributed by atoms with Gasteiger partial charge in [0, 0.05) is 23.5 Å². The summed E-state index contributed by atoms with van der Waals surface area (Å²) in [6.07, 6.45) is 0.838. The van der Waals surface area contributed by atoms with Gasteiger partial charge in [0.2, 0.25) is 0 Å². The first-order valence-corrected chi connectivity index (χ1v) is 13.6. The number of thiophene rings is 1. The summed E-state index contributed by atoms with van der Waals surface area (Å²) >= 11 is 2.87. The average Bonchev–Trinajstić information content (AvgIpc) is 3.29. The number of carbonyl (C=O) groups excluding carboxylic acids is 1. The Morgan fingerprint density at radius 1 is 1.06 bits per heavy atom. The number of aromatic nitrogens is 2. The number of methoxy groups -OCH3 is 2. The lowest BCUT2D eigenvalue weighted by molar-refractivity contribution is 0.102. The SMILES string of the molecule is CCN1CCc2c(sc3nc(SCC(=O)c4ccc(OC)cc4)n(-c4ccc(OC)cc4)c(=O)c23)C1. The third kappa shape index (κ3) is 4.66. The van der Waals surface area contributed by atoms with E-state index in [2.05, 4.69) is 11.8 Å². The first-order chi connectivity index (χ1) is 17.5. The summed E-state index contributed by atoms with van der Waals surface area (Å²) in [6, 6.07) is 14.4. The normalized spacial score (nSPS) is 13.5. The quantitative estimate of drug-likeness (QED) is 0.187. The molecular formula is C27H27N3O4S2. The number of benzene rings is 2. The number of likely N-dealkylation sites (N-methyl/N-ethyl adjacent to an activating group) is 1. The molecule has 1 aliphatic rings. The predicted octanol–water partition coefficient (Wildman–Crippen LogP) is 4.82. The lowest BCUT2D eigenvalue weighted by atomic mass is 10.1. The van der Waals surface area contributed by atoms with Crippen LogP contribution in [0.4, 0.5) is 0 Å². The van der Waals surface area contributed by atoms with Crippen LogP contribution in [0.3, 0.4) is 0 Å². The standard InChI is InChI=1S/C27H27N3O4S2/c1-4-29-14-13-21-23(15-29)36-25-24(21)26(32)30(18-7-11-20(34-3)12-8-18)27(28-25)35-16-22(31)17-5-9-19(33-2)10-6-17/h5-12H,4,13-16H2,1-3H3. The molecule has 0 unspecified atom stereocenters. The number of carbonyl (C=O) groups is 1. The van der Waals surface area contributed by atoms with Gasteiger partial charge < -0.3 is 9.47 Å². The molecule has 9 heteroatoms. The van der Waals surface area contributed by atoms with Crippen LogP contribution in [0.15, 0.2) is 58.5 Å². The number of nitrogens with zero attached hydrogens (tertiary/aromatic N) is 3. The Bertz CT molecular complexity index is 1460. The zero-order valence-corrected chi connectivity index (χ0v) is 22.1. The number of ether oxygens (including phenoxy) is 2. The van der Waals surface area contributed by atoms with Crippen molar-refractivity contribution in [1.29, 1.82) is 0 Å². The summed E-state index contributed by atoms with van der Waals surface area (Å²) in [5.74, 6) is 1.53. The summed E-state index contributed by atoms with van der Waals surface area (Å²) in [4.78, 5) is 36.1. The lowest BCUT2D eigenvalue weighted by Gasteiger charge is -2.25. The van der Waals surface area contributed by atoms with Crippen molar-refractivity contribution < 1.29 is 14.3 Å². The predicted molar refractivity (Wildman–Crippen MR) is 144 cm³/mol. The zero-order chi connectivity index (χ0) is 25.2. The lowest BCUT2D eigenvalue weighted by Crippen LogP contribution is -2.30. The van der Waals surface area contributed by atoms with E-state index in [1.807, 2.05) is 24.3 Å². The van der Waals surface area contributed by atoms with Gasteiger partial charge in [-0.3, -0.25) is 19.1 Å². The van der Waals surface area contributed by atoms with Crippen LogP contribution in [-0.4, -0.2) is 53.3 Å². The van der Waals surface area contributed by atoms with E-state index in [1.54, 1.807) is 54.4 Å². The highest BCUT2D eigenvalue weighted by molar-refractivity contribution is 7.99. The molecule has 0 N–H and O–H groups in total. The van der Waals surface area contributed by atoms with E-state index in [9.17, 15) is 9.59 Å². The maximum atomic E-state index is 13.9. The largest absolute Gasteiger partial charge is 0.497 e. The van der Waals surface area contributed by atoms with E-state index in [0.717, 1.165) is 36.4 Å². The molecule has 186 valence electrons. The summed E-state index contributed by atoms with van der Waals surface area (Å²) < 4.78 is 12.1. The molecule has 0 atom stereocenters. The molecule has 3 heterocycles. The minimum Gasteiger partial charge on any atom is -0.497 e. The van der Waals surface area contributed by atoms with Gasteiger partial charge in [0.15, 0.2) is 10.9 Å². The van der Waals surface area contributed by atoms with Gasteiger partial charge in [0.25, 0.3) is 5.56 Å². The van der Waals surface area contributed by atoms with E-state index in [0.29, 0.717) is 33.3 Å². The van der Waals surface area contributed by atoms with Crippen LogP contribution in [0, 0.1) is 0 Å². The molecule has 0 saturated heterocycles. The van der Waals surface area contributed by atoms with Crippen molar-refractivity contribution in [3.63, 3.8) is 0 Å². The van der Waals surface area contributed by atoms with E-state index in [-0.39, 0.29) is 17.1 Å². The van der Waals surface area contributed by atoms with Gasteiger partial charge in [-0.25, -0.2) is 4.98 Å². The van der Waals surface area contributed by atoms with Crippen LogP contribution < -0.4 is 15.0 Å². The topological polar surface area (TPSA) is 73.7 Å². The highest BCUT2D eigenvalue weighted by Gasteiger charge is 2.25. The summed E-state index contributed by atoms with van der Waals surface area (Å²) in [7, 11) is 3.20. The van der Waals surface area contributed by atoms with Crippen molar-refractivity contribution in [3.05, 3.63) is 74.9 Å². The molecule has 0 bridgehead atoms. The molecule has 2 aromatic heterocycles. The molecule has 0 aliphatic carbocycles. The van der Waals surface area contributed by atoms with Crippen molar-refractivity contribution >= 4 is 39.1 Å². The highest BCUT2D eigenvalue weighted by Crippen LogP contribution is 2.34. The Morgan fingerprint density at radius 3 is 2.36 bits per heavy atom. The molecule has 4 aromatic rings. The monoisotopic (exact) mass is 521 g/mol. The molecule has 0 amide bonds. The van der Waals surface area contributed by atoms with Crippen LogP contribution in [-0.2, 0) is 13.0 Å². The van der Waals surface area contributed by atoms with Crippen LogP contribution in [0.5, 0.6) is 11.5 Å². The summed E-state index contributed by atoms with van der Waals surface area (Å²) in [6.45, 7) is 4.91. The van der Waals surface area contributed by atoms with Crippen LogP contribution in [0.1, 0.15) is 27.7 Å². The van der Waals surface area contributed by atoms with Crippen LogP contribution in [0.25, 0.3) is 15.9 Å². The molecule has 0 radical (unpaired) electrons. The summed E-state index contributed by atoms with van der Waals surface area (Å²) in [5, 5.41) is 1.21. The fourth-order valence-electron chi connectivity index (χ4n) is 4.39. The second kappa shape index (κ2) is 10.5. The smallest absolute Gasteiger partial charge is 0.267 e. The van der Waals surface area contributed by atoms with Gasteiger partial charge in [-0.05, 0) is 67.1 Å². The maximum absolute atomic E-state index is 13.9. The second-order valence-electron chi connectivity index (χ2n) is 8.48. The van der Waals surface area contributed by atoms with Crippen LogP contribution >= 0.6 is 23.1 Å². The van der Waals surface area contributed by atoms with Crippen molar-refractivity contribution in [2.24, 2.45) is 0 Å². The number of hydrogen-bond acceptors (Lipinski definition) is 8. The molecule has 0 spiro atoms. The number of Topliss-reactive ketones (excluding diaryl/α,β-unsaturated/α-hetero) is 1. The van der Waals surface area contributed by atoms with Gasteiger partial charge in [-0.15, -0.1) is 11.3 Å². The van der Waals surface area contributed by atoms with Crippen molar-refractivity contribution in [2.45, 2.75) is 25.0 Å². The van der Waals surface area contributed by atoms with Crippen molar-refractivity contribution in [1.82, 2.24) is 14.5 Å². The summed E-state index contributed by atoms with van der Waals surface area (Å²) in [5.41, 5.74) is 2.31.